The van der Waals surface area contributed by atoms with Crippen molar-refractivity contribution in [2.24, 2.45) is 10.9 Å². The Morgan fingerprint density at radius 1 is 0.825 bits per heavy atom. The largest absolute Gasteiger partial charge is 0.573 e. The molecule has 4 aromatic rings. The molecule has 1 heterocycles. The fourth-order valence-electron chi connectivity index (χ4n) is 4.75. The topological polar surface area (TPSA) is 50.7 Å². The highest BCUT2D eigenvalue weighted by Gasteiger charge is 2.37. The van der Waals surface area contributed by atoms with Crippen molar-refractivity contribution in [1.29, 1.82) is 0 Å². The first kappa shape index (κ1) is 27.1. The Kier molecular flexibility index (Phi) is 7.64. The van der Waals surface area contributed by atoms with Crippen molar-refractivity contribution in [3.8, 4) is 16.9 Å². The summed E-state index contributed by atoms with van der Waals surface area (Å²) in [5, 5.41) is 2.91. The quantitative estimate of drug-likeness (QED) is 0.244. The van der Waals surface area contributed by atoms with E-state index in [1.165, 1.54) is 30.3 Å². The summed E-state index contributed by atoms with van der Waals surface area (Å²) in [6.45, 7) is 0.291. The maximum Gasteiger partial charge on any atom is 0.573 e. The van der Waals surface area contributed by atoms with Crippen LogP contribution in [0.4, 0.5) is 22.0 Å². The van der Waals surface area contributed by atoms with E-state index in [4.69, 9.17) is 0 Å². The van der Waals surface area contributed by atoms with Crippen molar-refractivity contribution >= 4 is 11.6 Å². The van der Waals surface area contributed by atoms with Crippen LogP contribution < -0.4 is 10.1 Å². The molecule has 40 heavy (non-hydrogen) atoms. The number of nitrogens with one attached hydrogen (secondary N) is 1. The number of halogens is 5. The third-order valence-electron chi connectivity index (χ3n) is 6.66. The zero-order valence-electron chi connectivity index (χ0n) is 21.0. The summed E-state index contributed by atoms with van der Waals surface area (Å²) in [4.78, 5) is 17.9. The number of amides is 1. The summed E-state index contributed by atoms with van der Waals surface area (Å²) >= 11 is 0. The molecule has 0 saturated heterocycles. The molecule has 0 unspecified atom stereocenters. The van der Waals surface area contributed by atoms with Gasteiger partial charge in [0.1, 0.15) is 17.4 Å². The Morgan fingerprint density at radius 2 is 1.43 bits per heavy atom. The Labute approximate surface area is 227 Å². The Hall–Kier alpha value is -4.53. The third kappa shape index (κ3) is 6.20. The second kappa shape index (κ2) is 11.3. The highest BCUT2D eigenvalue weighted by molar-refractivity contribution is 6.05. The highest BCUT2D eigenvalue weighted by Crippen LogP contribution is 2.38. The molecule has 1 amide bonds. The second-order valence-electron chi connectivity index (χ2n) is 9.33. The summed E-state index contributed by atoms with van der Waals surface area (Å²) < 4.78 is 70.5. The van der Waals surface area contributed by atoms with Crippen molar-refractivity contribution < 1.29 is 31.5 Å². The lowest BCUT2D eigenvalue weighted by Crippen LogP contribution is -2.32. The first-order valence-electron chi connectivity index (χ1n) is 12.5. The van der Waals surface area contributed by atoms with Crippen LogP contribution in [-0.4, -0.2) is 18.0 Å². The Balaban J connectivity index is 1.40. The van der Waals surface area contributed by atoms with Crippen LogP contribution in [0.25, 0.3) is 11.1 Å². The maximum absolute atomic E-state index is 14.6. The number of carbonyl (C=O) groups is 1. The Morgan fingerprint density at radius 3 is 2.02 bits per heavy atom. The van der Waals surface area contributed by atoms with Crippen LogP contribution in [0, 0.1) is 17.6 Å². The lowest BCUT2D eigenvalue weighted by molar-refractivity contribution is -0.274. The van der Waals surface area contributed by atoms with Crippen LogP contribution in [0.2, 0.25) is 0 Å². The summed E-state index contributed by atoms with van der Waals surface area (Å²) in [5.41, 5.74) is 2.86. The third-order valence-corrected chi connectivity index (χ3v) is 6.66. The number of alkyl halides is 3. The molecular formula is C31H23F5N2O2. The van der Waals surface area contributed by atoms with E-state index in [1.54, 1.807) is 24.3 Å². The van der Waals surface area contributed by atoms with Gasteiger partial charge < -0.3 is 10.1 Å². The number of carbonyl (C=O) groups excluding carboxylic acids is 1. The predicted octanol–water partition coefficient (Wildman–Crippen LogP) is 7.40. The molecule has 9 heteroatoms. The number of rotatable bonds is 7. The van der Waals surface area contributed by atoms with E-state index < -0.39 is 30.0 Å². The lowest BCUT2D eigenvalue weighted by Gasteiger charge is -2.18. The van der Waals surface area contributed by atoms with Gasteiger partial charge in [-0.1, -0.05) is 72.8 Å². The molecule has 0 aliphatic carbocycles. The monoisotopic (exact) mass is 550 g/mol. The number of aliphatic imine (C=N–C) groups is 1. The molecular weight excluding hydrogens is 527 g/mol. The molecule has 5 rings (SSSR count). The molecule has 0 spiro atoms. The van der Waals surface area contributed by atoms with Crippen LogP contribution in [-0.2, 0) is 11.3 Å². The number of hydrogen-bond donors (Lipinski definition) is 1. The second-order valence-corrected chi connectivity index (χ2v) is 9.33. The van der Waals surface area contributed by atoms with Crippen molar-refractivity contribution in [2.45, 2.75) is 25.4 Å². The molecule has 2 atom stereocenters. The number of hydrogen-bond acceptors (Lipinski definition) is 3. The molecule has 204 valence electrons. The van der Waals surface area contributed by atoms with Crippen LogP contribution >= 0.6 is 0 Å². The normalized spacial score (nSPS) is 16.9. The van der Waals surface area contributed by atoms with Gasteiger partial charge in [0.25, 0.3) is 0 Å². The highest BCUT2D eigenvalue weighted by atomic mass is 19.4. The van der Waals surface area contributed by atoms with Crippen LogP contribution in [0.1, 0.15) is 29.2 Å². The van der Waals surface area contributed by atoms with Crippen LogP contribution in [0.5, 0.6) is 5.75 Å². The van der Waals surface area contributed by atoms with E-state index >= 15 is 0 Å². The molecule has 1 aliphatic heterocycles. The predicted molar refractivity (Wildman–Crippen MR) is 141 cm³/mol. The first-order chi connectivity index (χ1) is 19.2. The molecule has 4 aromatic carbocycles. The number of nitrogens with zero attached hydrogens (tertiary/aromatic N) is 1. The average Bonchev–Trinajstić information content (AvgIpc) is 3.37. The van der Waals surface area contributed by atoms with Gasteiger partial charge in [0, 0.05) is 18.7 Å². The van der Waals surface area contributed by atoms with Crippen LogP contribution in [0.3, 0.4) is 0 Å². The first-order valence-corrected chi connectivity index (χ1v) is 12.5. The van der Waals surface area contributed by atoms with Crippen LogP contribution in [0.15, 0.2) is 102 Å². The van der Waals surface area contributed by atoms with E-state index in [2.05, 4.69) is 15.0 Å². The van der Waals surface area contributed by atoms with Gasteiger partial charge >= 0.3 is 6.36 Å². The van der Waals surface area contributed by atoms with E-state index in [-0.39, 0.29) is 29.4 Å². The average molecular weight is 551 g/mol. The molecule has 4 nitrogen and oxygen atoms in total. The van der Waals surface area contributed by atoms with Crippen molar-refractivity contribution in [1.82, 2.24) is 5.32 Å². The molecule has 1 N–H and O–H groups in total. The van der Waals surface area contributed by atoms with Gasteiger partial charge in [-0.05, 0) is 46.5 Å². The molecule has 0 radical (unpaired) electrons. The fraction of sp³-hybridized carbons (Fsp3) is 0.161. The minimum Gasteiger partial charge on any atom is -0.406 e. The number of benzene rings is 4. The zero-order valence-corrected chi connectivity index (χ0v) is 21.0. The fourth-order valence-corrected chi connectivity index (χ4v) is 4.75. The molecule has 1 aliphatic rings. The summed E-state index contributed by atoms with van der Waals surface area (Å²) in [7, 11) is 0. The van der Waals surface area contributed by atoms with E-state index in [0.717, 1.165) is 23.3 Å². The standard InChI is InChI=1S/C31H23F5N2O2/c32-25-7-4-8-26(33)28(25)27-17-24(30(39)37-18-19-5-2-1-3-6-19)29(38-27)22-11-9-20(10-12-22)21-13-15-23(16-14-21)40-31(34,35)36/h1-16,24,29H,17-18H2,(H,37,39)/t24-,29-/m0/s1. The lowest BCUT2D eigenvalue weighted by atomic mass is 9.89. The van der Waals surface area contributed by atoms with Gasteiger partial charge in [0.2, 0.25) is 5.91 Å². The summed E-state index contributed by atoms with van der Waals surface area (Å²) in [5.74, 6) is -2.84. The van der Waals surface area contributed by atoms with E-state index in [0.29, 0.717) is 17.7 Å². The van der Waals surface area contributed by atoms with Crippen molar-refractivity contribution in [2.75, 3.05) is 0 Å². The van der Waals surface area contributed by atoms with Gasteiger partial charge in [-0.3, -0.25) is 9.79 Å². The van der Waals surface area contributed by atoms with Gasteiger partial charge in [-0.15, -0.1) is 13.2 Å². The van der Waals surface area contributed by atoms with Crippen molar-refractivity contribution in [3.05, 3.63) is 125 Å². The van der Waals surface area contributed by atoms with Gasteiger partial charge in [-0.2, -0.15) is 0 Å². The van der Waals surface area contributed by atoms with Gasteiger partial charge in [0.05, 0.1) is 17.5 Å². The van der Waals surface area contributed by atoms with E-state index in [1.807, 2.05) is 30.3 Å². The molecule has 0 fully saturated rings. The Bertz CT molecular complexity index is 1500. The van der Waals surface area contributed by atoms with Crippen molar-refractivity contribution in [3.63, 3.8) is 0 Å². The summed E-state index contributed by atoms with van der Waals surface area (Å²) in [6.07, 6.45) is -4.73. The molecule has 0 aromatic heterocycles. The summed E-state index contributed by atoms with van der Waals surface area (Å²) in [6, 6.07) is 24.7. The molecule has 0 saturated carbocycles. The smallest absolute Gasteiger partial charge is 0.406 e. The minimum absolute atomic E-state index is 0.0472. The zero-order chi connectivity index (χ0) is 28.3. The molecule has 0 bridgehead atoms. The van der Waals surface area contributed by atoms with Gasteiger partial charge in [0.15, 0.2) is 0 Å². The van der Waals surface area contributed by atoms with Gasteiger partial charge in [-0.25, -0.2) is 8.78 Å². The number of ether oxygens (including phenoxy) is 1. The van der Waals surface area contributed by atoms with E-state index in [9.17, 15) is 26.7 Å². The maximum atomic E-state index is 14.6. The SMILES string of the molecule is O=C(NCc1ccccc1)[C@H]1CC(c2c(F)cccc2F)=N[C@H]1c1ccc(-c2ccc(OC(F)(F)F)cc2)cc1. The minimum atomic E-state index is -4.78.